The number of aliphatic hydroxyl groups excluding tert-OH is 7. The van der Waals surface area contributed by atoms with E-state index in [2.05, 4.69) is 27.7 Å². The SMILES string of the molecule is C[C@]1(C(=O)O)CC[C@]2(C)CC[C@]3(C)C(=CC(=O)[C@@H]4[C@@]5(C)CC[C@H](O[C@H]6O[C@H](C(=O)O)[C@@H](O)[C@H](O)[C@H]6O[C@@H]6O[C@H](CO)[C@@H](O)[C@H](O)[C@H]6O)[C@](C)(CO)[C@@H]5CC[C@]43C)[C@@H]2C1. The molecule has 0 spiro atoms. The smallest absolute Gasteiger partial charge is 0.335 e. The lowest BCUT2D eigenvalue weighted by molar-refractivity contribution is -0.375. The van der Waals surface area contributed by atoms with Crippen molar-refractivity contribution in [2.24, 2.45) is 50.2 Å². The summed E-state index contributed by atoms with van der Waals surface area (Å²) < 4.78 is 23.7. The van der Waals surface area contributed by atoms with Crippen molar-refractivity contribution >= 4 is 17.7 Å². The maximum Gasteiger partial charge on any atom is 0.335 e. The minimum absolute atomic E-state index is 0.0127. The van der Waals surface area contributed by atoms with Gasteiger partial charge in [0.05, 0.1) is 24.7 Å². The number of rotatable bonds is 8. The predicted octanol–water partition coefficient (Wildman–Crippen LogP) is 1.13. The molecule has 328 valence electrons. The number of allylic oxidation sites excluding steroid dienone is 2. The Balaban J connectivity index is 1.19. The molecule has 0 radical (unpaired) electrons. The molecule has 0 bridgehead atoms. The van der Waals surface area contributed by atoms with Gasteiger partial charge >= 0.3 is 11.9 Å². The zero-order valence-electron chi connectivity index (χ0n) is 34.3. The molecule has 2 saturated heterocycles. The fourth-order valence-corrected chi connectivity index (χ4v) is 13.4. The summed E-state index contributed by atoms with van der Waals surface area (Å²) >= 11 is 0. The summed E-state index contributed by atoms with van der Waals surface area (Å²) in [7, 11) is 0. The molecule has 9 N–H and O–H groups in total. The van der Waals surface area contributed by atoms with Gasteiger partial charge in [-0.05, 0) is 104 Å². The second-order valence-electron chi connectivity index (χ2n) is 20.4. The number of carboxylic acids is 2. The van der Waals surface area contributed by atoms with Gasteiger partial charge in [0.1, 0.15) is 42.7 Å². The second-order valence-corrected chi connectivity index (χ2v) is 20.4. The number of ether oxygens (including phenoxy) is 4. The van der Waals surface area contributed by atoms with Crippen LogP contribution in [0.1, 0.15) is 99.3 Å². The molecule has 7 aliphatic rings. The molecule has 16 nitrogen and oxygen atoms in total. The Morgan fingerprint density at radius 1 is 0.776 bits per heavy atom. The normalized spacial score (nSPS) is 54.3. The monoisotopic (exact) mass is 824 g/mol. The first-order valence-electron chi connectivity index (χ1n) is 20.9. The molecule has 20 atom stereocenters. The molecule has 2 aliphatic heterocycles. The first kappa shape index (κ1) is 44.0. The van der Waals surface area contributed by atoms with Crippen LogP contribution in [0.3, 0.4) is 0 Å². The Morgan fingerprint density at radius 2 is 1.45 bits per heavy atom. The second kappa shape index (κ2) is 14.8. The molecule has 0 aromatic heterocycles. The maximum absolute atomic E-state index is 14.9. The quantitative estimate of drug-likeness (QED) is 0.155. The van der Waals surface area contributed by atoms with Crippen molar-refractivity contribution in [3.8, 4) is 0 Å². The minimum atomic E-state index is -2.03. The average Bonchev–Trinajstić information content (AvgIpc) is 3.16. The number of fused-ring (bicyclic) bond motifs is 7. The Labute approximate surface area is 338 Å². The van der Waals surface area contributed by atoms with Crippen LogP contribution in [0.25, 0.3) is 0 Å². The van der Waals surface area contributed by atoms with Gasteiger partial charge in [-0.25, -0.2) is 4.79 Å². The van der Waals surface area contributed by atoms with E-state index in [-0.39, 0.29) is 41.5 Å². The average molecular weight is 825 g/mol. The molecule has 16 heteroatoms. The molecule has 0 aromatic rings. The van der Waals surface area contributed by atoms with E-state index in [0.717, 1.165) is 24.8 Å². The van der Waals surface area contributed by atoms with Crippen LogP contribution in [0, 0.1) is 50.2 Å². The summed E-state index contributed by atoms with van der Waals surface area (Å²) in [5.74, 6) is -3.16. The molecule has 0 amide bonds. The maximum atomic E-state index is 14.9. The fraction of sp³-hybridized carbons (Fsp3) is 0.881. The van der Waals surface area contributed by atoms with Gasteiger partial charge in [0.15, 0.2) is 24.5 Å². The fourth-order valence-electron chi connectivity index (χ4n) is 13.4. The van der Waals surface area contributed by atoms with Gasteiger partial charge in [-0.15, -0.1) is 0 Å². The summed E-state index contributed by atoms with van der Waals surface area (Å²) in [6, 6.07) is 0. The Hall–Kier alpha value is -2.09. The summed E-state index contributed by atoms with van der Waals surface area (Å²) in [5.41, 5.74) is -2.44. The van der Waals surface area contributed by atoms with Crippen molar-refractivity contribution in [1.29, 1.82) is 0 Å². The molecule has 5 aliphatic carbocycles. The third-order valence-corrected chi connectivity index (χ3v) is 17.4. The Kier molecular flexibility index (Phi) is 11.2. The van der Waals surface area contributed by atoms with Crippen LogP contribution in [0.2, 0.25) is 0 Å². The molecule has 58 heavy (non-hydrogen) atoms. The number of aliphatic hydroxyl groups is 7. The molecule has 0 unspecified atom stereocenters. The largest absolute Gasteiger partial charge is 0.481 e. The van der Waals surface area contributed by atoms with Crippen molar-refractivity contribution in [1.82, 2.24) is 0 Å². The highest BCUT2D eigenvalue weighted by Gasteiger charge is 2.71. The van der Waals surface area contributed by atoms with Crippen LogP contribution < -0.4 is 0 Å². The van der Waals surface area contributed by atoms with E-state index in [9.17, 15) is 60.3 Å². The summed E-state index contributed by atoms with van der Waals surface area (Å²) in [6.07, 6.45) is -11.3. The lowest BCUT2D eigenvalue weighted by Gasteiger charge is -2.70. The molecule has 0 aromatic carbocycles. The number of carboxylic acid groups (broad SMARTS) is 2. The van der Waals surface area contributed by atoms with Crippen molar-refractivity contribution in [3.63, 3.8) is 0 Å². The van der Waals surface area contributed by atoms with Crippen molar-refractivity contribution < 1.29 is 79.3 Å². The topological polar surface area (TPSA) is 270 Å². The molecule has 2 heterocycles. The van der Waals surface area contributed by atoms with E-state index < -0.39 is 114 Å². The van der Waals surface area contributed by atoms with E-state index >= 15 is 0 Å². The molecule has 6 fully saturated rings. The number of hydrogen-bond donors (Lipinski definition) is 9. The van der Waals surface area contributed by atoms with Gasteiger partial charge < -0.3 is 64.9 Å². The highest BCUT2D eigenvalue weighted by molar-refractivity contribution is 5.95. The lowest BCUT2D eigenvalue weighted by Crippen LogP contribution is -2.69. The van der Waals surface area contributed by atoms with Crippen molar-refractivity contribution in [2.75, 3.05) is 13.2 Å². The van der Waals surface area contributed by atoms with Crippen molar-refractivity contribution in [2.45, 2.75) is 167 Å². The summed E-state index contributed by atoms with van der Waals surface area (Å²) in [5, 5.41) is 94.7. The van der Waals surface area contributed by atoms with Gasteiger partial charge in [-0.1, -0.05) is 40.2 Å². The number of hydrogen-bond acceptors (Lipinski definition) is 14. The van der Waals surface area contributed by atoms with Gasteiger partial charge in [-0.2, -0.15) is 0 Å². The van der Waals surface area contributed by atoms with Crippen LogP contribution in [0.5, 0.6) is 0 Å². The van der Waals surface area contributed by atoms with E-state index in [1.54, 1.807) is 0 Å². The lowest BCUT2D eigenvalue weighted by atomic mass is 9.33. The van der Waals surface area contributed by atoms with Crippen LogP contribution in [0.15, 0.2) is 11.6 Å². The van der Waals surface area contributed by atoms with Crippen LogP contribution in [-0.2, 0) is 33.3 Å². The summed E-state index contributed by atoms with van der Waals surface area (Å²) in [6.45, 7) is 11.4. The van der Waals surface area contributed by atoms with Gasteiger partial charge in [0.2, 0.25) is 0 Å². The van der Waals surface area contributed by atoms with Gasteiger partial charge in [0.25, 0.3) is 0 Å². The molecular weight excluding hydrogens is 760 g/mol. The zero-order chi connectivity index (χ0) is 42.7. The number of ketones is 1. The van der Waals surface area contributed by atoms with Gasteiger partial charge in [0, 0.05) is 11.3 Å². The number of aliphatic carboxylic acids is 2. The van der Waals surface area contributed by atoms with Crippen LogP contribution in [0.4, 0.5) is 0 Å². The van der Waals surface area contributed by atoms with E-state index in [4.69, 9.17) is 18.9 Å². The number of carbonyl (C=O) groups is 3. The van der Waals surface area contributed by atoms with Gasteiger partial charge in [-0.3, -0.25) is 9.59 Å². The molecule has 7 rings (SSSR count). The minimum Gasteiger partial charge on any atom is -0.481 e. The highest BCUT2D eigenvalue weighted by atomic mass is 16.8. The van der Waals surface area contributed by atoms with E-state index in [0.29, 0.717) is 32.1 Å². The molecular formula is C42H64O16. The Morgan fingerprint density at radius 3 is 2.07 bits per heavy atom. The zero-order valence-corrected chi connectivity index (χ0v) is 34.3. The predicted molar refractivity (Wildman–Crippen MR) is 200 cm³/mol. The third kappa shape index (κ3) is 6.29. The standard InChI is InChI=1S/C42H64O16/c1-37-11-12-38(2,36(53)54)16-20(37)19-15-21(45)32-39(3)9-8-24(40(4,18-44)23(39)7-10-42(32,6)41(19,5)14-13-37)56-35-31(28(49)27(48)30(57-35)33(51)52)58-34-29(50)26(47)25(46)22(17-43)55-34/h15,20,22-32,34-35,43-44,46-50H,7-14,16-18H2,1-6H3,(H,51,52)(H,53,54)/t20-,22+,23+,24-,25+,26-,27-,28-,29+,30-,31+,32+,34-,35-,37+,38-,39-,40+,41+,42+/m0/s1. The Bertz CT molecular complexity index is 1670. The first-order valence-corrected chi connectivity index (χ1v) is 20.9. The summed E-state index contributed by atoms with van der Waals surface area (Å²) in [4.78, 5) is 39.6. The van der Waals surface area contributed by atoms with Crippen LogP contribution in [-0.4, -0.2) is 144 Å². The van der Waals surface area contributed by atoms with Crippen molar-refractivity contribution in [3.05, 3.63) is 11.6 Å². The molecule has 4 saturated carbocycles. The van der Waals surface area contributed by atoms with E-state index in [1.165, 1.54) is 0 Å². The van der Waals surface area contributed by atoms with E-state index in [1.807, 2.05) is 19.9 Å². The van der Waals surface area contributed by atoms with Crippen LogP contribution >= 0.6 is 0 Å². The number of carbonyl (C=O) groups excluding carboxylic acids is 1. The first-order chi connectivity index (χ1) is 27.0. The highest BCUT2D eigenvalue weighted by Crippen LogP contribution is 2.75. The third-order valence-electron chi connectivity index (χ3n) is 17.4.